The molecule has 3 nitrogen and oxygen atoms in total. The molecular weight excluding hydrogens is 266 g/mol. The highest BCUT2D eigenvalue weighted by Crippen LogP contribution is 2.32. The highest BCUT2D eigenvalue weighted by molar-refractivity contribution is 5.84. The van der Waals surface area contributed by atoms with Crippen molar-refractivity contribution >= 4 is 5.91 Å². The summed E-state index contributed by atoms with van der Waals surface area (Å²) < 4.78 is 49.8. The van der Waals surface area contributed by atoms with Gasteiger partial charge in [-0.25, -0.2) is 8.78 Å². The van der Waals surface area contributed by atoms with Gasteiger partial charge in [-0.15, -0.1) is 0 Å². The molecule has 0 saturated carbocycles. The number of halogens is 4. The first-order valence-corrected chi connectivity index (χ1v) is 5.57. The Morgan fingerprint density at radius 1 is 1.37 bits per heavy atom. The monoisotopic (exact) mass is 277 g/mol. The smallest absolute Gasteiger partial charge is 0.383 e. The second-order valence-electron chi connectivity index (χ2n) is 4.35. The van der Waals surface area contributed by atoms with Crippen molar-refractivity contribution < 1.29 is 27.5 Å². The molecule has 1 aliphatic rings. The standard InChI is InChI=1S/C12H11F4NO2/c13-10(14)12(15,16)11(19)17-9-7-4-2-1-3-6(7)5-8(9)18/h1-4,8-10,18H,5H2,(H,17,19)/t8-,9+/m1/s1. The summed E-state index contributed by atoms with van der Waals surface area (Å²) in [5, 5.41) is 11.5. The molecule has 7 heteroatoms. The zero-order chi connectivity index (χ0) is 14.2. The number of alkyl halides is 4. The second-order valence-corrected chi connectivity index (χ2v) is 4.35. The van der Waals surface area contributed by atoms with Crippen LogP contribution in [0.25, 0.3) is 0 Å². The summed E-state index contributed by atoms with van der Waals surface area (Å²) >= 11 is 0. The van der Waals surface area contributed by atoms with Crippen LogP contribution in [0.5, 0.6) is 0 Å². The van der Waals surface area contributed by atoms with Crippen LogP contribution in [0.2, 0.25) is 0 Å². The number of carbonyl (C=O) groups excluding carboxylic acids is 1. The predicted octanol–water partition coefficient (Wildman–Crippen LogP) is 1.66. The number of hydrogen-bond donors (Lipinski definition) is 2. The van der Waals surface area contributed by atoms with E-state index in [0.29, 0.717) is 11.1 Å². The maximum absolute atomic E-state index is 12.9. The number of carbonyl (C=O) groups is 1. The minimum absolute atomic E-state index is 0.182. The molecule has 0 spiro atoms. The molecular formula is C12H11F4NO2. The first-order valence-electron chi connectivity index (χ1n) is 5.57. The van der Waals surface area contributed by atoms with Crippen molar-refractivity contribution in [1.82, 2.24) is 5.32 Å². The number of hydrogen-bond acceptors (Lipinski definition) is 2. The summed E-state index contributed by atoms with van der Waals surface area (Å²) in [6.45, 7) is 0. The minimum Gasteiger partial charge on any atom is -0.390 e. The van der Waals surface area contributed by atoms with Crippen molar-refractivity contribution in [3.05, 3.63) is 35.4 Å². The molecule has 1 aromatic carbocycles. The average molecular weight is 277 g/mol. The molecule has 1 aromatic rings. The van der Waals surface area contributed by atoms with E-state index in [-0.39, 0.29) is 6.42 Å². The van der Waals surface area contributed by atoms with E-state index < -0.39 is 30.4 Å². The number of aliphatic hydroxyl groups is 1. The number of nitrogens with one attached hydrogen (secondary N) is 1. The first kappa shape index (κ1) is 13.8. The van der Waals surface area contributed by atoms with Gasteiger partial charge >= 0.3 is 12.3 Å². The van der Waals surface area contributed by atoms with Crippen LogP contribution in [-0.4, -0.2) is 29.5 Å². The lowest BCUT2D eigenvalue weighted by molar-refractivity contribution is -0.170. The summed E-state index contributed by atoms with van der Waals surface area (Å²) in [4.78, 5) is 11.2. The van der Waals surface area contributed by atoms with Gasteiger partial charge in [-0.2, -0.15) is 8.78 Å². The Hall–Kier alpha value is -1.63. The Kier molecular flexibility index (Phi) is 3.49. The number of fused-ring (bicyclic) bond motifs is 1. The fraction of sp³-hybridized carbons (Fsp3) is 0.417. The molecule has 0 heterocycles. The molecule has 1 amide bonds. The molecule has 0 fully saturated rings. The van der Waals surface area contributed by atoms with E-state index >= 15 is 0 Å². The normalized spacial score (nSPS) is 22.4. The maximum atomic E-state index is 12.9. The Morgan fingerprint density at radius 3 is 2.63 bits per heavy atom. The summed E-state index contributed by atoms with van der Waals surface area (Å²) in [5.74, 6) is -6.85. The molecule has 0 unspecified atom stereocenters. The molecule has 2 rings (SSSR count). The number of benzene rings is 1. The van der Waals surface area contributed by atoms with Gasteiger partial charge in [0.2, 0.25) is 0 Å². The van der Waals surface area contributed by atoms with Gasteiger partial charge in [-0.3, -0.25) is 4.79 Å². The van der Waals surface area contributed by atoms with Crippen LogP contribution in [0.3, 0.4) is 0 Å². The van der Waals surface area contributed by atoms with Gasteiger partial charge in [-0.1, -0.05) is 24.3 Å². The van der Waals surface area contributed by atoms with Crippen molar-refractivity contribution in [2.24, 2.45) is 0 Å². The van der Waals surface area contributed by atoms with Crippen molar-refractivity contribution in [3.8, 4) is 0 Å². The molecule has 0 aromatic heterocycles. The van der Waals surface area contributed by atoms with E-state index in [1.807, 2.05) is 0 Å². The topological polar surface area (TPSA) is 49.3 Å². The predicted molar refractivity (Wildman–Crippen MR) is 58.0 cm³/mol. The van der Waals surface area contributed by atoms with E-state index in [0.717, 1.165) is 0 Å². The van der Waals surface area contributed by atoms with Gasteiger partial charge in [0.25, 0.3) is 5.91 Å². The van der Waals surface area contributed by atoms with Gasteiger partial charge in [0.1, 0.15) is 0 Å². The third-order valence-corrected chi connectivity index (χ3v) is 3.07. The average Bonchev–Trinajstić information content (AvgIpc) is 2.66. The van der Waals surface area contributed by atoms with Crippen LogP contribution < -0.4 is 5.32 Å². The fourth-order valence-corrected chi connectivity index (χ4v) is 2.08. The largest absolute Gasteiger partial charge is 0.390 e. The zero-order valence-electron chi connectivity index (χ0n) is 9.62. The summed E-state index contributed by atoms with van der Waals surface area (Å²) in [7, 11) is 0. The van der Waals surface area contributed by atoms with Crippen LogP contribution in [0.1, 0.15) is 17.2 Å². The van der Waals surface area contributed by atoms with Gasteiger partial charge in [-0.05, 0) is 11.1 Å². The number of rotatable bonds is 3. The van der Waals surface area contributed by atoms with E-state index in [4.69, 9.17) is 0 Å². The zero-order valence-corrected chi connectivity index (χ0v) is 9.62. The van der Waals surface area contributed by atoms with Crippen molar-refractivity contribution in [3.63, 3.8) is 0 Å². The Bertz CT molecular complexity index is 492. The molecule has 19 heavy (non-hydrogen) atoms. The Balaban J connectivity index is 2.18. The van der Waals surface area contributed by atoms with E-state index in [9.17, 15) is 27.5 Å². The lowest BCUT2D eigenvalue weighted by Gasteiger charge is -2.21. The molecule has 0 radical (unpaired) electrons. The van der Waals surface area contributed by atoms with Crippen molar-refractivity contribution in [2.75, 3.05) is 0 Å². The highest BCUT2D eigenvalue weighted by Gasteiger charge is 2.50. The Morgan fingerprint density at radius 2 is 2.00 bits per heavy atom. The van der Waals surface area contributed by atoms with Crippen LogP contribution in [0.15, 0.2) is 24.3 Å². The van der Waals surface area contributed by atoms with Gasteiger partial charge in [0.05, 0.1) is 12.1 Å². The van der Waals surface area contributed by atoms with E-state index in [1.54, 1.807) is 29.6 Å². The molecule has 0 aliphatic heterocycles. The Labute approximate surface area is 106 Å². The lowest BCUT2D eigenvalue weighted by Crippen LogP contribution is -2.48. The first-order chi connectivity index (χ1) is 8.84. The fourth-order valence-electron chi connectivity index (χ4n) is 2.08. The summed E-state index contributed by atoms with van der Waals surface area (Å²) in [5.41, 5.74) is 1.16. The molecule has 104 valence electrons. The van der Waals surface area contributed by atoms with Gasteiger partial charge in [0, 0.05) is 6.42 Å². The van der Waals surface area contributed by atoms with E-state index in [2.05, 4.69) is 0 Å². The molecule has 0 saturated heterocycles. The van der Waals surface area contributed by atoms with Gasteiger partial charge in [0.15, 0.2) is 0 Å². The summed E-state index contributed by atoms with van der Waals surface area (Å²) in [6, 6.07) is 5.45. The molecule has 0 bridgehead atoms. The highest BCUT2D eigenvalue weighted by atomic mass is 19.3. The van der Waals surface area contributed by atoms with Crippen LogP contribution >= 0.6 is 0 Å². The second kappa shape index (κ2) is 4.80. The quantitative estimate of drug-likeness (QED) is 0.826. The van der Waals surface area contributed by atoms with Gasteiger partial charge < -0.3 is 10.4 Å². The van der Waals surface area contributed by atoms with Crippen LogP contribution in [-0.2, 0) is 11.2 Å². The minimum atomic E-state index is -4.77. The van der Waals surface area contributed by atoms with Crippen molar-refractivity contribution in [2.45, 2.75) is 30.9 Å². The number of amides is 1. The third kappa shape index (κ3) is 2.42. The number of aliphatic hydroxyl groups excluding tert-OH is 1. The molecule has 1 aliphatic carbocycles. The summed E-state index contributed by atoms with van der Waals surface area (Å²) in [6.07, 6.45) is -5.00. The lowest BCUT2D eigenvalue weighted by atomic mass is 10.1. The van der Waals surface area contributed by atoms with Crippen LogP contribution in [0.4, 0.5) is 17.6 Å². The van der Waals surface area contributed by atoms with Crippen molar-refractivity contribution in [1.29, 1.82) is 0 Å². The molecule has 2 N–H and O–H groups in total. The van der Waals surface area contributed by atoms with E-state index in [1.165, 1.54) is 0 Å². The van der Waals surface area contributed by atoms with Crippen LogP contribution in [0, 0.1) is 0 Å². The molecule has 2 atom stereocenters. The third-order valence-electron chi connectivity index (χ3n) is 3.07. The maximum Gasteiger partial charge on any atom is 0.383 e. The SMILES string of the molecule is O=C(N[C@H]1c2ccccc2C[C@H]1O)C(F)(F)C(F)F.